The lowest BCUT2D eigenvalue weighted by atomic mass is 10.2. The van der Waals surface area contributed by atoms with Crippen LogP contribution in [0.2, 0.25) is 0 Å². The standard InChI is InChI=1S/C15H19N3O2S/c1-11-8-14(17-15(16-11)13-4-3-7-21-13)18-5-6-20-12(9-18)10-19-2/h3-4,7-8,12H,5-6,9-10H2,1-2H3. The van der Waals surface area contributed by atoms with Crippen LogP contribution in [0, 0.1) is 6.92 Å². The van der Waals surface area contributed by atoms with Gasteiger partial charge in [-0.05, 0) is 18.4 Å². The van der Waals surface area contributed by atoms with E-state index in [1.165, 1.54) is 0 Å². The first-order chi connectivity index (χ1) is 10.3. The van der Waals surface area contributed by atoms with E-state index in [9.17, 15) is 0 Å². The molecule has 0 saturated carbocycles. The van der Waals surface area contributed by atoms with Gasteiger partial charge in [0.25, 0.3) is 0 Å². The second kappa shape index (κ2) is 6.51. The Bertz CT molecular complexity index is 587. The van der Waals surface area contributed by atoms with Crippen LogP contribution >= 0.6 is 11.3 Å². The first kappa shape index (κ1) is 14.4. The minimum Gasteiger partial charge on any atom is -0.382 e. The Balaban J connectivity index is 1.84. The highest BCUT2D eigenvalue weighted by Crippen LogP contribution is 2.25. The number of thiophene rings is 1. The Hall–Kier alpha value is -1.50. The van der Waals surface area contributed by atoms with Gasteiger partial charge in [-0.2, -0.15) is 0 Å². The van der Waals surface area contributed by atoms with Crippen LogP contribution in [0.1, 0.15) is 5.69 Å². The van der Waals surface area contributed by atoms with Gasteiger partial charge in [-0.1, -0.05) is 6.07 Å². The number of methoxy groups -OCH3 is 1. The maximum atomic E-state index is 5.69. The smallest absolute Gasteiger partial charge is 0.171 e. The van der Waals surface area contributed by atoms with Gasteiger partial charge in [0.2, 0.25) is 0 Å². The molecule has 0 aromatic carbocycles. The lowest BCUT2D eigenvalue weighted by molar-refractivity contribution is -0.0102. The second-order valence-corrected chi connectivity index (χ2v) is 6.01. The summed E-state index contributed by atoms with van der Waals surface area (Å²) in [6.45, 7) is 4.97. The Morgan fingerprint density at radius 1 is 1.48 bits per heavy atom. The summed E-state index contributed by atoms with van der Waals surface area (Å²) in [7, 11) is 1.70. The van der Waals surface area contributed by atoms with E-state index >= 15 is 0 Å². The van der Waals surface area contributed by atoms with Gasteiger partial charge in [0.15, 0.2) is 5.82 Å². The maximum absolute atomic E-state index is 5.69. The normalized spacial score (nSPS) is 19.0. The highest BCUT2D eigenvalue weighted by atomic mass is 32.1. The van der Waals surface area contributed by atoms with Crippen LogP contribution in [0.3, 0.4) is 0 Å². The largest absolute Gasteiger partial charge is 0.382 e. The van der Waals surface area contributed by atoms with Crippen LogP contribution in [-0.2, 0) is 9.47 Å². The number of rotatable bonds is 4. The SMILES string of the molecule is COCC1CN(c2cc(C)nc(-c3cccs3)n2)CCO1. The number of morpholine rings is 1. The summed E-state index contributed by atoms with van der Waals surface area (Å²) in [5.74, 6) is 1.77. The molecule has 1 aliphatic heterocycles. The van der Waals surface area contributed by atoms with Crippen molar-refractivity contribution in [3.05, 3.63) is 29.3 Å². The molecule has 0 spiro atoms. The fourth-order valence-corrected chi connectivity index (χ4v) is 3.10. The average Bonchev–Trinajstić information content (AvgIpc) is 3.01. The van der Waals surface area contributed by atoms with Gasteiger partial charge < -0.3 is 14.4 Å². The predicted molar refractivity (Wildman–Crippen MR) is 83.9 cm³/mol. The lowest BCUT2D eigenvalue weighted by Gasteiger charge is -2.33. The molecular formula is C15H19N3O2S. The first-order valence-electron chi connectivity index (χ1n) is 7.01. The molecule has 0 aliphatic carbocycles. The molecule has 1 atom stereocenters. The summed E-state index contributed by atoms with van der Waals surface area (Å²) < 4.78 is 10.9. The monoisotopic (exact) mass is 305 g/mol. The van der Waals surface area contributed by atoms with Crippen LogP contribution in [0.5, 0.6) is 0 Å². The van der Waals surface area contributed by atoms with Gasteiger partial charge in [0.05, 0.1) is 24.2 Å². The Morgan fingerprint density at radius 3 is 3.14 bits per heavy atom. The zero-order valence-electron chi connectivity index (χ0n) is 12.3. The molecule has 112 valence electrons. The maximum Gasteiger partial charge on any atom is 0.171 e. The summed E-state index contributed by atoms with van der Waals surface area (Å²) in [6.07, 6.45) is 0.101. The number of anilines is 1. The summed E-state index contributed by atoms with van der Waals surface area (Å²) in [6, 6.07) is 6.11. The summed E-state index contributed by atoms with van der Waals surface area (Å²) >= 11 is 1.66. The van der Waals surface area contributed by atoms with Crippen LogP contribution < -0.4 is 4.90 Å². The Kier molecular flexibility index (Phi) is 4.48. The number of nitrogens with zero attached hydrogens (tertiary/aromatic N) is 3. The molecule has 1 unspecified atom stereocenters. The highest BCUT2D eigenvalue weighted by molar-refractivity contribution is 7.13. The molecule has 2 aromatic heterocycles. The minimum atomic E-state index is 0.101. The van der Waals surface area contributed by atoms with Crippen molar-refractivity contribution in [2.24, 2.45) is 0 Å². The van der Waals surface area contributed by atoms with Crippen LogP contribution in [0.4, 0.5) is 5.82 Å². The number of aryl methyl sites for hydroxylation is 1. The molecule has 6 heteroatoms. The van der Waals surface area contributed by atoms with Crippen LogP contribution in [-0.4, -0.2) is 49.5 Å². The van der Waals surface area contributed by atoms with Crippen LogP contribution in [0.15, 0.2) is 23.6 Å². The molecule has 1 saturated heterocycles. The van der Waals surface area contributed by atoms with Crippen molar-refractivity contribution in [3.8, 4) is 10.7 Å². The van der Waals surface area contributed by atoms with E-state index in [0.29, 0.717) is 13.2 Å². The number of hydrogen-bond donors (Lipinski definition) is 0. The molecule has 21 heavy (non-hydrogen) atoms. The van der Waals surface area contributed by atoms with Gasteiger partial charge >= 0.3 is 0 Å². The number of aromatic nitrogens is 2. The molecule has 1 aliphatic rings. The second-order valence-electron chi connectivity index (χ2n) is 5.06. The quantitative estimate of drug-likeness (QED) is 0.868. The zero-order valence-corrected chi connectivity index (χ0v) is 13.1. The van der Waals surface area contributed by atoms with E-state index in [1.54, 1.807) is 18.4 Å². The summed E-state index contributed by atoms with van der Waals surface area (Å²) in [5, 5.41) is 2.05. The van der Waals surface area contributed by atoms with Crippen molar-refractivity contribution in [2.45, 2.75) is 13.0 Å². The minimum absolute atomic E-state index is 0.101. The van der Waals surface area contributed by atoms with Gasteiger partial charge in [-0.25, -0.2) is 9.97 Å². The van der Waals surface area contributed by atoms with E-state index in [2.05, 4.69) is 16.0 Å². The van der Waals surface area contributed by atoms with Crippen molar-refractivity contribution in [1.82, 2.24) is 9.97 Å². The molecule has 2 aromatic rings. The molecule has 3 heterocycles. The van der Waals surface area contributed by atoms with Crippen molar-refractivity contribution < 1.29 is 9.47 Å². The third kappa shape index (κ3) is 3.40. The predicted octanol–water partition coefficient (Wildman–Crippen LogP) is 2.37. The third-order valence-corrected chi connectivity index (χ3v) is 4.26. The molecule has 0 bridgehead atoms. The molecular weight excluding hydrogens is 286 g/mol. The van der Waals surface area contributed by atoms with Crippen LogP contribution in [0.25, 0.3) is 10.7 Å². The van der Waals surface area contributed by atoms with E-state index in [0.717, 1.165) is 35.3 Å². The summed E-state index contributed by atoms with van der Waals surface area (Å²) in [4.78, 5) is 12.6. The summed E-state index contributed by atoms with van der Waals surface area (Å²) in [5.41, 5.74) is 0.984. The Morgan fingerprint density at radius 2 is 2.38 bits per heavy atom. The van der Waals surface area contributed by atoms with E-state index in [4.69, 9.17) is 14.5 Å². The lowest BCUT2D eigenvalue weighted by Crippen LogP contribution is -2.44. The third-order valence-electron chi connectivity index (χ3n) is 3.40. The van der Waals surface area contributed by atoms with Gasteiger partial charge in [0, 0.05) is 32.0 Å². The fraction of sp³-hybridized carbons (Fsp3) is 0.467. The number of hydrogen-bond acceptors (Lipinski definition) is 6. The number of ether oxygens (including phenoxy) is 2. The average molecular weight is 305 g/mol. The molecule has 0 radical (unpaired) electrons. The molecule has 3 rings (SSSR count). The highest BCUT2D eigenvalue weighted by Gasteiger charge is 2.22. The molecule has 1 fully saturated rings. The Labute approximate surface area is 128 Å². The molecule has 0 amide bonds. The van der Waals surface area contributed by atoms with Crippen molar-refractivity contribution in [1.29, 1.82) is 0 Å². The zero-order chi connectivity index (χ0) is 14.7. The van der Waals surface area contributed by atoms with Crippen molar-refractivity contribution in [2.75, 3.05) is 38.3 Å². The van der Waals surface area contributed by atoms with Crippen molar-refractivity contribution >= 4 is 17.2 Å². The first-order valence-corrected chi connectivity index (χ1v) is 7.89. The van der Waals surface area contributed by atoms with Gasteiger partial charge in [-0.3, -0.25) is 0 Å². The fourth-order valence-electron chi connectivity index (χ4n) is 2.44. The van der Waals surface area contributed by atoms with E-state index < -0.39 is 0 Å². The topological polar surface area (TPSA) is 47.5 Å². The van der Waals surface area contributed by atoms with Gasteiger partial charge in [-0.15, -0.1) is 11.3 Å². The molecule has 5 nitrogen and oxygen atoms in total. The van der Waals surface area contributed by atoms with E-state index in [-0.39, 0.29) is 6.10 Å². The van der Waals surface area contributed by atoms with Crippen molar-refractivity contribution in [3.63, 3.8) is 0 Å². The van der Waals surface area contributed by atoms with E-state index in [1.807, 2.05) is 24.4 Å². The molecule has 0 N–H and O–H groups in total. The van der Waals surface area contributed by atoms with Gasteiger partial charge in [0.1, 0.15) is 5.82 Å².